The van der Waals surface area contributed by atoms with E-state index in [0.717, 1.165) is 37.3 Å². The van der Waals surface area contributed by atoms with Crippen LogP contribution in [0.4, 0.5) is 0 Å². The first kappa shape index (κ1) is 21.3. The molecule has 29 heavy (non-hydrogen) atoms. The first-order chi connectivity index (χ1) is 14.1. The van der Waals surface area contributed by atoms with E-state index in [1.165, 1.54) is 0 Å². The highest BCUT2D eigenvalue weighted by atomic mass is 16.5. The average molecular weight is 402 g/mol. The van der Waals surface area contributed by atoms with E-state index in [9.17, 15) is 9.59 Å². The molecule has 0 unspecified atom stereocenters. The molecule has 2 heterocycles. The van der Waals surface area contributed by atoms with Crippen LogP contribution in [0.1, 0.15) is 37.1 Å². The number of nitrogens with zero attached hydrogens (tertiary/aromatic N) is 4. The van der Waals surface area contributed by atoms with Gasteiger partial charge in [0.15, 0.2) is 0 Å². The lowest BCUT2D eigenvalue weighted by atomic mass is 9.96. The first-order valence-electron chi connectivity index (χ1n) is 10.3. The minimum absolute atomic E-state index is 0.0260. The van der Waals surface area contributed by atoms with Gasteiger partial charge in [0.1, 0.15) is 5.82 Å². The van der Waals surface area contributed by atoms with Crippen LogP contribution in [-0.2, 0) is 22.6 Å². The van der Waals surface area contributed by atoms with Gasteiger partial charge in [0.05, 0.1) is 19.7 Å². The Kier molecular flexibility index (Phi) is 7.60. The van der Waals surface area contributed by atoms with E-state index in [-0.39, 0.29) is 17.5 Å². The predicted molar refractivity (Wildman–Crippen MR) is 111 cm³/mol. The molecule has 8 nitrogen and oxygen atoms in total. The summed E-state index contributed by atoms with van der Waals surface area (Å²) in [6.07, 6.45) is 1.79. The van der Waals surface area contributed by atoms with Gasteiger partial charge in [-0.3, -0.25) is 14.3 Å². The minimum Gasteiger partial charge on any atom is -0.383 e. The maximum atomic E-state index is 12.8. The fourth-order valence-electron chi connectivity index (χ4n) is 3.82. The number of likely N-dealkylation sites (tertiary alicyclic amines) is 1. The number of nitrogens with one attached hydrogen (secondary N) is 1. The Balaban J connectivity index is 1.61. The van der Waals surface area contributed by atoms with E-state index in [2.05, 4.69) is 10.2 Å². The monoisotopic (exact) mass is 401 g/mol. The molecule has 0 spiro atoms. The number of hydrogen-bond acceptors (Lipinski definition) is 5. The topological polar surface area (TPSA) is 81.4 Å². The second-order valence-corrected chi connectivity index (χ2v) is 7.42. The summed E-state index contributed by atoms with van der Waals surface area (Å²) >= 11 is 0. The second kappa shape index (κ2) is 10.4. The molecule has 1 aliphatic heterocycles. The van der Waals surface area contributed by atoms with Crippen LogP contribution in [0.3, 0.4) is 0 Å². The van der Waals surface area contributed by atoms with Crippen LogP contribution >= 0.6 is 0 Å². The Morgan fingerprint density at radius 3 is 2.62 bits per heavy atom. The van der Waals surface area contributed by atoms with E-state index >= 15 is 0 Å². The molecule has 0 radical (unpaired) electrons. The van der Waals surface area contributed by atoms with Gasteiger partial charge in [0, 0.05) is 26.1 Å². The van der Waals surface area contributed by atoms with Gasteiger partial charge in [-0.2, -0.15) is 5.10 Å². The largest absolute Gasteiger partial charge is 0.383 e. The Morgan fingerprint density at radius 2 is 1.97 bits per heavy atom. The molecule has 1 amide bonds. The van der Waals surface area contributed by atoms with Crippen molar-refractivity contribution in [1.29, 1.82) is 0 Å². The van der Waals surface area contributed by atoms with Crippen molar-refractivity contribution in [3.8, 4) is 0 Å². The van der Waals surface area contributed by atoms with Gasteiger partial charge in [-0.1, -0.05) is 30.3 Å². The smallest absolute Gasteiger partial charge is 0.346 e. The molecule has 1 saturated heterocycles. The van der Waals surface area contributed by atoms with Crippen molar-refractivity contribution in [3.63, 3.8) is 0 Å². The lowest BCUT2D eigenvalue weighted by molar-refractivity contribution is -0.122. The summed E-state index contributed by atoms with van der Waals surface area (Å²) in [7, 11) is 1.62. The number of methoxy groups -OCH3 is 1. The van der Waals surface area contributed by atoms with E-state index in [1.807, 2.05) is 37.3 Å². The van der Waals surface area contributed by atoms with Crippen LogP contribution < -0.4 is 11.0 Å². The number of piperidine rings is 1. The number of hydrogen-bond donors (Lipinski definition) is 1. The molecule has 0 aliphatic carbocycles. The van der Waals surface area contributed by atoms with Crippen LogP contribution in [-0.4, -0.2) is 65.1 Å². The summed E-state index contributed by atoms with van der Waals surface area (Å²) in [6, 6.07) is 9.92. The summed E-state index contributed by atoms with van der Waals surface area (Å²) in [5.74, 6) is 1.14. The maximum absolute atomic E-state index is 12.8. The highest BCUT2D eigenvalue weighted by Crippen LogP contribution is 2.26. The normalized spacial score (nSPS) is 15.5. The van der Waals surface area contributed by atoms with Gasteiger partial charge < -0.3 is 10.1 Å². The van der Waals surface area contributed by atoms with Crippen molar-refractivity contribution in [2.75, 3.05) is 39.9 Å². The Labute approximate surface area is 171 Å². The van der Waals surface area contributed by atoms with Crippen molar-refractivity contribution in [2.24, 2.45) is 0 Å². The maximum Gasteiger partial charge on any atom is 0.346 e. The summed E-state index contributed by atoms with van der Waals surface area (Å²) in [5.41, 5.74) is 1.02. The SMILES string of the molecule is CCn1c(C2CCN(CC(=O)NCCOC)CC2)nn(Cc2ccccc2)c1=O. The molecule has 3 rings (SSSR count). The highest BCUT2D eigenvalue weighted by Gasteiger charge is 2.27. The number of amides is 1. The third-order valence-electron chi connectivity index (χ3n) is 5.39. The molecule has 0 bridgehead atoms. The zero-order chi connectivity index (χ0) is 20.6. The first-order valence-corrected chi connectivity index (χ1v) is 10.3. The molecule has 1 aliphatic rings. The van der Waals surface area contributed by atoms with Crippen LogP contribution in [0.25, 0.3) is 0 Å². The Hall–Kier alpha value is -2.45. The van der Waals surface area contributed by atoms with Gasteiger partial charge in [-0.25, -0.2) is 9.48 Å². The summed E-state index contributed by atoms with van der Waals surface area (Å²) in [4.78, 5) is 26.9. The van der Waals surface area contributed by atoms with Crippen LogP contribution in [0.2, 0.25) is 0 Å². The van der Waals surface area contributed by atoms with Gasteiger partial charge in [0.2, 0.25) is 5.91 Å². The van der Waals surface area contributed by atoms with Gasteiger partial charge in [-0.05, 0) is 38.4 Å². The van der Waals surface area contributed by atoms with Crippen LogP contribution in [0.15, 0.2) is 35.1 Å². The van der Waals surface area contributed by atoms with Gasteiger partial charge in [-0.15, -0.1) is 0 Å². The van der Waals surface area contributed by atoms with Crippen LogP contribution in [0.5, 0.6) is 0 Å². The van der Waals surface area contributed by atoms with Crippen LogP contribution in [0, 0.1) is 0 Å². The molecule has 8 heteroatoms. The third kappa shape index (κ3) is 5.55. The van der Waals surface area contributed by atoms with E-state index in [0.29, 0.717) is 32.8 Å². The third-order valence-corrected chi connectivity index (χ3v) is 5.39. The molecular weight excluding hydrogens is 370 g/mol. The standard InChI is InChI=1S/C21H31N5O3/c1-3-25-20(23-26(21(25)28)15-17-7-5-4-6-8-17)18-9-12-24(13-10-18)16-19(27)22-11-14-29-2/h4-8,18H,3,9-16H2,1-2H3,(H,22,27). The number of ether oxygens (including phenoxy) is 1. The average Bonchev–Trinajstić information content (AvgIpc) is 3.05. The van der Waals surface area contributed by atoms with Crippen molar-refractivity contribution in [3.05, 3.63) is 52.2 Å². The second-order valence-electron chi connectivity index (χ2n) is 7.42. The molecule has 1 aromatic heterocycles. The van der Waals surface area contributed by atoms with Gasteiger partial charge in [0.25, 0.3) is 0 Å². The molecular formula is C21H31N5O3. The molecule has 1 fully saturated rings. The number of carbonyl (C=O) groups is 1. The minimum atomic E-state index is -0.0497. The molecule has 1 aromatic carbocycles. The Bertz CT molecular complexity index is 838. The van der Waals surface area contributed by atoms with Crippen molar-refractivity contribution in [2.45, 2.75) is 38.8 Å². The fraction of sp³-hybridized carbons (Fsp3) is 0.571. The molecule has 0 saturated carbocycles. The number of aromatic nitrogens is 3. The molecule has 1 N–H and O–H groups in total. The molecule has 2 aromatic rings. The number of rotatable bonds is 9. The summed E-state index contributed by atoms with van der Waals surface area (Å²) < 4.78 is 8.32. The quantitative estimate of drug-likeness (QED) is 0.636. The number of carbonyl (C=O) groups excluding carboxylic acids is 1. The zero-order valence-electron chi connectivity index (χ0n) is 17.3. The van der Waals surface area contributed by atoms with E-state index in [4.69, 9.17) is 9.84 Å². The van der Waals surface area contributed by atoms with E-state index in [1.54, 1.807) is 16.4 Å². The number of benzene rings is 1. The Morgan fingerprint density at radius 1 is 1.24 bits per heavy atom. The lowest BCUT2D eigenvalue weighted by Gasteiger charge is -2.30. The molecule has 158 valence electrons. The zero-order valence-corrected chi connectivity index (χ0v) is 17.3. The van der Waals surface area contributed by atoms with E-state index < -0.39 is 0 Å². The summed E-state index contributed by atoms with van der Waals surface area (Å²) in [5, 5.41) is 7.55. The van der Waals surface area contributed by atoms with Crippen molar-refractivity contribution in [1.82, 2.24) is 24.6 Å². The summed E-state index contributed by atoms with van der Waals surface area (Å²) in [6.45, 7) is 6.20. The van der Waals surface area contributed by atoms with Gasteiger partial charge >= 0.3 is 5.69 Å². The van der Waals surface area contributed by atoms with Crippen molar-refractivity contribution < 1.29 is 9.53 Å². The predicted octanol–water partition coefficient (Wildman–Crippen LogP) is 1.06. The van der Waals surface area contributed by atoms with Crippen molar-refractivity contribution >= 4 is 5.91 Å². The lowest BCUT2D eigenvalue weighted by Crippen LogP contribution is -2.42. The highest BCUT2D eigenvalue weighted by molar-refractivity contribution is 5.78. The fourth-order valence-corrected chi connectivity index (χ4v) is 3.82. The molecule has 0 atom stereocenters.